The molecule has 2 heterocycles. The average molecular weight is 416 g/mol. The highest BCUT2D eigenvalue weighted by atomic mass is 32.2. The third-order valence-electron chi connectivity index (χ3n) is 5.91. The van der Waals surface area contributed by atoms with Crippen molar-refractivity contribution in [3.63, 3.8) is 0 Å². The Labute approximate surface area is 170 Å². The fourth-order valence-corrected chi connectivity index (χ4v) is 4.52. The third-order valence-corrected chi connectivity index (χ3v) is 11.1. The van der Waals surface area contributed by atoms with Crippen LogP contribution in [-0.2, 0) is 18.7 Å². The smallest absolute Gasteiger partial charge is 0.257 e. The molecule has 0 saturated carbocycles. The lowest BCUT2D eigenvalue weighted by molar-refractivity contribution is -0.147. The molecule has 27 heavy (non-hydrogen) atoms. The van der Waals surface area contributed by atoms with E-state index in [1.54, 1.807) is 11.8 Å². The van der Waals surface area contributed by atoms with E-state index in [0.717, 1.165) is 12.2 Å². The van der Waals surface area contributed by atoms with Gasteiger partial charge in [-0.25, -0.2) is 0 Å². The van der Waals surface area contributed by atoms with E-state index in [0.29, 0.717) is 13.2 Å². The Morgan fingerprint density at radius 3 is 2.63 bits per heavy atom. The van der Waals surface area contributed by atoms with E-state index in [1.165, 1.54) is 0 Å². The van der Waals surface area contributed by atoms with Crippen LogP contribution in [0.3, 0.4) is 0 Å². The molecule has 0 spiro atoms. The van der Waals surface area contributed by atoms with Crippen molar-refractivity contribution in [3.8, 4) is 0 Å². The van der Waals surface area contributed by atoms with Crippen LogP contribution in [-0.4, -0.2) is 68.3 Å². The van der Waals surface area contributed by atoms with Crippen LogP contribution in [0.5, 0.6) is 0 Å². The molecule has 7 heteroatoms. The molecular formula is C20H37NO4SSi. The summed E-state index contributed by atoms with van der Waals surface area (Å²) in [6.07, 6.45) is 6.48. The standard InChI is InChI=1S/C20H37NO4SSi/c1-19(2,3)27(7,8)24-12-9-10-16-17(25-16)18(22)21-15(11-13-26-6)14-23-20(21,4)5/h9-10,15-17H,11-14H2,1-8H3/b10-9+/t15-,16+,17-/m1/s1. The fraction of sp³-hybridized carbons (Fsp3) is 0.850. The summed E-state index contributed by atoms with van der Waals surface area (Å²) in [6.45, 7) is 16.3. The molecule has 1 amide bonds. The minimum absolute atomic E-state index is 0.0450. The number of thioether (sulfide) groups is 1. The summed E-state index contributed by atoms with van der Waals surface area (Å²) in [4.78, 5) is 14.9. The molecule has 2 aliphatic rings. The summed E-state index contributed by atoms with van der Waals surface area (Å²) < 4.78 is 17.7. The van der Waals surface area contributed by atoms with Gasteiger partial charge in [0.25, 0.3) is 5.91 Å². The number of carbonyl (C=O) groups excluding carboxylic acids is 1. The van der Waals surface area contributed by atoms with Gasteiger partial charge in [-0.3, -0.25) is 4.79 Å². The van der Waals surface area contributed by atoms with Gasteiger partial charge in [-0.1, -0.05) is 32.9 Å². The molecule has 3 atom stereocenters. The van der Waals surface area contributed by atoms with Gasteiger partial charge in [-0.15, -0.1) is 0 Å². The Kier molecular flexibility index (Phi) is 7.28. The number of carbonyl (C=O) groups is 1. The second-order valence-electron chi connectivity index (χ2n) is 9.42. The second kappa shape index (κ2) is 8.57. The number of rotatable bonds is 8. The maximum Gasteiger partial charge on any atom is 0.257 e. The fourth-order valence-electron chi connectivity index (χ4n) is 3.06. The summed E-state index contributed by atoms with van der Waals surface area (Å²) >= 11 is 1.80. The van der Waals surface area contributed by atoms with E-state index in [9.17, 15) is 4.79 Å². The van der Waals surface area contributed by atoms with E-state index in [1.807, 2.05) is 30.9 Å². The van der Waals surface area contributed by atoms with E-state index < -0.39 is 14.0 Å². The van der Waals surface area contributed by atoms with E-state index in [2.05, 4.69) is 40.1 Å². The van der Waals surface area contributed by atoms with Gasteiger partial charge in [0.1, 0.15) is 11.8 Å². The molecular weight excluding hydrogens is 378 g/mol. The van der Waals surface area contributed by atoms with Gasteiger partial charge >= 0.3 is 0 Å². The lowest BCUT2D eigenvalue weighted by Crippen LogP contribution is -2.50. The van der Waals surface area contributed by atoms with Crippen LogP contribution in [0.25, 0.3) is 0 Å². The largest absolute Gasteiger partial charge is 0.413 e. The zero-order chi connectivity index (χ0) is 20.5. The van der Waals surface area contributed by atoms with Crippen LogP contribution in [0.1, 0.15) is 41.0 Å². The van der Waals surface area contributed by atoms with Gasteiger partial charge in [0.05, 0.1) is 19.3 Å². The molecule has 0 aromatic rings. The Morgan fingerprint density at radius 2 is 2.04 bits per heavy atom. The molecule has 2 aliphatic heterocycles. The molecule has 2 rings (SSSR count). The molecule has 0 radical (unpaired) electrons. The SMILES string of the molecule is CSCC[C@@H]1COC(C)(C)N1C(=O)[C@@H]1O[C@H]1/C=C/CO[Si](C)(C)C(C)(C)C. The van der Waals surface area contributed by atoms with Crippen molar-refractivity contribution in [2.24, 2.45) is 0 Å². The summed E-state index contributed by atoms with van der Waals surface area (Å²) in [5, 5.41) is 0.197. The Morgan fingerprint density at radius 1 is 1.37 bits per heavy atom. The molecule has 0 aromatic heterocycles. The highest BCUT2D eigenvalue weighted by Crippen LogP contribution is 2.37. The first kappa shape index (κ1) is 22.9. The molecule has 0 unspecified atom stereocenters. The number of amides is 1. The van der Waals surface area contributed by atoms with Crippen LogP contribution < -0.4 is 0 Å². The summed E-state index contributed by atoms with van der Waals surface area (Å²) in [6, 6.07) is 0.135. The summed E-state index contributed by atoms with van der Waals surface area (Å²) in [5.41, 5.74) is -0.564. The van der Waals surface area contributed by atoms with Crippen molar-refractivity contribution in [3.05, 3.63) is 12.2 Å². The molecule has 2 saturated heterocycles. The van der Waals surface area contributed by atoms with Gasteiger partial charge < -0.3 is 18.8 Å². The monoisotopic (exact) mass is 415 g/mol. The van der Waals surface area contributed by atoms with Gasteiger partial charge in [0.2, 0.25) is 0 Å². The van der Waals surface area contributed by atoms with Crippen molar-refractivity contribution >= 4 is 26.0 Å². The first-order valence-corrected chi connectivity index (χ1v) is 14.1. The number of nitrogens with zero attached hydrogens (tertiary/aromatic N) is 1. The van der Waals surface area contributed by atoms with Crippen LogP contribution in [0.15, 0.2) is 12.2 Å². The molecule has 5 nitrogen and oxygen atoms in total. The Hall–Kier alpha value is -0.343. The van der Waals surface area contributed by atoms with E-state index in [4.69, 9.17) is 13.9 Å². The number of epoxide rings is 1. The minimum Gasteiger partial charge on any atom is -0.413 e. The first-order chi connectivity index (χ1) is 12.4. The van der Waals surface area contributed by atoms with Crippen molar-refractivity contribution in [2.45, 2.75) is 83.1 Å². The summed E-state index contributed by atoms with van der Waals surface area (Å²) in [5.74, 6) is 1.07. The van der Waals surface area contributed by atoms with Gasteiger partial charge in [0.15, 0.2) is 14.4 Å². The number of ether oxygens (including phenoxy) is 2. The molecule has 156 valence electrons. The zero-order valence-electron chi connectivity index (χ0n) is 18.2. The van der Waals surface area contributed by atoms with Crippen LogP contribution in [0, 0.1) is 0 Å². The van der Waals surface area contributed by atoms with Crippen molar-refractivity contribution in [1.29, 1.82) is 0 Å². The molecule has 0 bridgehead atoms. The topological polar surface area (TPSA) is 51.3 Å². The number of hydrogen-bond acceptors (Lipinski definition) is 5. The zero-order valence-corrected chi connectivity index (χ0v) is 20.0. The Balaban J connectivity index is 1.87. The van der Waals surface area contributed by atoms with Crippen LogP contribution in [0.2, 0.25) is 18.1 Å². The number of hydrogen-bond donors (Lipinski definition) is 0. The Bertz CT molecular complexity index is 559. The van der Waals surface area contributed by atoms with Gasteiger partial charge in [-0.05, 0) is 50.4 Å². The maximum atomic E-state index is 13.0. The highest BCUT2D eigenvalue weighted by Gasteiger charge is 2.52. The van der Waals surface area contributed by atoms with Crippen LogP contribution in [0.4, 0.5) is 0 Å². The predicted octanol–water partition coefficient (Wildman–Crippen LogP) is 4.05. The first-order valence-electron chi connectivity index (χ1n) is 9.83. The van der Waals surface area contributed by atoms with Gasteiger partial charge in [-0.2, -0.15) is 11.8 Å². The summed E-state index contributed by atoms with van der Waals surface area (Å²) in [7, 11) is -1.74. The highest BCUT2D eigenvalue weighted by molar-refractivity contribution is 7.98. The quantitative estimate of drug-likeness (QED) is 0.340. The third kappa shape index (κ3) is 5.60. The average Bonchev–Trinajstić information content (AvgIpc) is 3.25. The minimum atomic E-state index is -1.74. The lowest BCUT2D eigenvalue weighted by atomic mass is 10.1. The van der Waals surface area contributed by atoms with Crippen molar-refractivity contribution < 1.29 is 18.7 Å². The predicted molar refractivity (Wildman–Crippen MR) is 115 cm³/mol. The van der Waals surface area contributed by atoms with Crippen LogP contribution >= 0.6 is 11.8 Å². The molecule has 0 N–H and O–H groups in total. The second-order valence-corrected chi connectivity index (χ2v) is 15.2. The van der Waals surface area contributed by atoms with Crippen molar-refractivity contribution in [2.75, 3.05) is 25.2 Å². The lowest BCUT2D eigenvalue weighted by Gasteiger charge is -2.35. The molecule has 0 aliphatic carbocycles. The molecule has 2 fully saturated rings. The van der Waals surface area contributed by atoms with E-state index in [-0.39, 0.29) is 29.2 Å². The normalized spacial score (nSPS) is 28.1. The molecule has 0 aromatic carbocycles. The van der Waals surface area contributed by atoms with E-state index >= 15 is 0 Å². The van der Waals surface area contributed by atoms with Gasteiger partial charge in [0, 0.05) is 0 Å². The van der Waals surface area contributed by atoms with Crippen molar-refractivity contribution in [1.82, 2.24) is 4.90 Å². The maximum absolute atomic E-state index is 13.0.